The predicted octanol–water partition coefficient (Wildman–Crippen LogP) is 3.58. The van der Waals surface area contributed by atoms with E-state index < -0.39 is 6.10 Å². The monoisotopic (exact) mass is 345 g/mol. The summed E-state index contributed by atoms with van der Waals surface area (Å²) in [5.41, 5.74) is 1.91. The van der Waals surface area contributed by atoms with Gasteiger partial charge < -0.3 is 5.11 Å². The first-order valence-corrected chi connectivity index (χ1v) is 6.97. The van der Waals surface area contributed by atoms with Crippen LogP contribution < -0.4 is 0 Å². The summed E-state index contributed by atoms with van der Waals surface area (Å²) in [5, 5.41) is 12.2. The fraction of sp³-hybridized carbons (Fsp3) is 0.250. The van der Waals surface area contributed by atoms with Gasteiger partial charge in [0.05, 0.1) is 8.99 Å². The molecule has 2 aromatic heterocycles. The first-order chi connectivity index (χ1) is 7.68. The summed E-state index contributed by atoms with van der Waals surface area (Å²) < 4.78 is 1.19. The molecule has 2 aromatic rings. The highest BCUT2D eigenvalue weighted by Crippen LogP contribution is 2.32. The van der Waals surface area contributed by atoms with Gasteiger partial charge in [-0.05, 0) is 51.7 Å². The van der Waals surface area contributed by atoms with Crippen molar-refractivity contribution in [2.24, 2.45) is 0 Å². The number of aliphatic hydroxyl groups is 1. The van der Waals surface area contributed by atoms with Gasteiger partial charge in [0.2, 0.25) is 0 Å². The number of rotatable bonds is 3. The maximum atomic E-state index is 10.2. The molecule has 0 radical (unpaired) electrons. The number of aromatic nitrogens is 1. The van der Waals surface area contributed by atoms with Crippen LogP contribution in [-0.2, 0) is 0 Å². The Kier molecular flexibility index (Phi) is 3.94. The number of hydrogen-bond donors (Lipinski definition) is 1. The Bertz CT molecular complexity index is 457. The van der Waals surface area contributed by atoms with Crippen molar-refractivity contribution < 1.29 is 5.11 Å². The van der Waals surface area contributed by atoms with Gasteiger partial charge in [-0.1, -0.05) is 13.0 Å². The molecular weight excluding hydrogens is 333 g/mol. The summed E-state index contributed by atoms with van der Waals surface area (Å²) in [5.74, 6) is 0.0200. The van der Waals surface area contributed by atoms with Crippen molar-refractivity contribution in [1.29, 1.82) is 0 Å². The van der Waals surface area contributed by atoms with Gasteiger partial charge >= 0.3 is 0 Å². The molecule has 2 heterocycles. The summed E-state index contributed by atoms with van der Waals surface area (Å²) in [4.78, 5) is 4.27. The molecule has 0 aliphatic heterocycles. The van der Waals surface area contributed by atoms with Crippen molar-refractivity contribution in [3.63, 3.8) is 0 Å². The van der Waals surface area contributed by atoms with Crippen LogP contribution in [0.25, 0.3) is 0 Å². The quantitative estimate of drug-likeness (QED) is 0.863. The third-order valence-electron chi connectivity index (χ3n) is 2.56. The van der Waals surface area contributed by atoms with Gasteiger partial charge in [-0.25, -0.2) is 0 Å². The first-order valence-electron chi connectivity index (χ1n) is 5.01. The summed E-state index contributed by atoms with van der Waals surface area (Å²) >= 11 is 3.92. The van der Waals surface area contributed by atoms with Crippen LogP contribution in [0.5, 0.6) is 0 Å². The highest BCUT2D eigenvalue weighted by Gasteiger charge is 2.19. The number of halogens is 1. The highest BCUT2D eigenvalue weighted by molar-refractivity contribution is 14.1. The summed E-state index contributed by atoms with van der Waals surface area (Å²) in [6.07, 6.45) is 1.28. The number of thiophene rings is 1. The fourth-order valence-electron chi connectivity index (χ4n) is 1.57. The van der Waals surface area contributed by atoms with Crippen LogP contribution in [-0.4, -0.2) is 10.1 Å². The van der Waals surface area contributed by atoms with E-state index in [1.54, 1.807) is 17.5 Å². The Labute approximate surface area is 112 Å². The van der Waals surface area contributed by atoms with Crippen molar-refractivity contribution in [2.45, 2.75) is 18.9 Å². The summed E-state index contributed by atoms with van der Waals surface area (Å²) in [7, 11) is 0. The van der Waals surface area contributed by atoms with Gasteiger partial charge in [0.25, 0.3) is 0 Å². The molecule has 2 unspecified atom stereocenters. The smallest absolute Gasteiger partial charge is 0.0879 e. The molecule has 0 amide bonds. The maximum absolute atomic E-state index is 10.2. The lowest BCUT2D eigenvalue weighted by Gasteiger charge is -2.17. The second-order valence-corrected chi connectivity index (χ2v) is 6.48. The highest BCUT2D eigenvalue weighted by atomic mass is 127. The standard InChI is InChI=1S/C12H12INOS/c1-8(10-4-2-3-5-14-10)12(15)9-6-11(13)16-7-9/h2-8,12,15H,1H3. The van der Waals surface area contributed by atoms with Gasteiger partial charge in [0, 0.05) is 17.8 Å². The minimum Gasteiger partial charge on any atom is -0.388 e. The van der Waals surface area contributed by atoms with Gasteiger partial charge in [0.15, 0.2) is 0 Å². The number of pyridine rings is 1. The first kappa shape index (κ1) is 12.0. The van der Waals surface area contributed by atoms with E-state index in [1.165, 1.54) is 2.88 Å². The van der Waals surface area contributed by atoms with Crippen molar-refractivity contribution in [3.05, 3.63) is 50.0 Å². The number of nitrogens with zero attached hydrogens (tertiary/aromatic N) is 1. The zero-order valence-electron chi connectivity index (χ0n) is 8.80. The third-order valence-corrected chi connectivity index (χ3v) is 4.36. The predicted molar refractivity (Wildman–Crippen MR) is 74.6 cm³/mol. The van der Waals surface area contributed by atoms with Gasteiger partial charge in [-0.15, -0.1) is 11.3 Å². The van der Waals surface area contributed by atoms with E-state index in [0.29, 0.717) is 0 Å². The maximum Gasteiger partial charge on any atom is 0.0879 e. The van der Waals surface area contributed by atoms with E-state index in [2.05, 4.69) is 27.6 Å². The molecule has 16 heavy (non-hydrogen) atoms. The molecule has 0 spiro atoms. The van der Waals surface area contributed by atoms with Crippen molar-refractivity contribution in [2.75, 3.05) is 0 Å². The molecule has 2 atom stereocenters. The molecule has 0 fully saturated rings. The molecule has 2 rings (SSSR count). The molecule has 4 heteroatoms. The third kappa shape index (κ3) is 2.61. The zero-order valence-corrected chi connectivity index (χ0v) is 11.8. The van der Waals surface area contributed by atoms with E-state index in [4.69, 9.17) is 0 Å². The van der Waals surface area contributed by atoms with Crippen LogP contribution in [0, 0.1) is 2.88 Å². The van der Waals surface area contributed by atoms with Crippen LogP contribution in [0.2, 0.25) is 0 Å². The van der Waals surface area contributed by atoms with E-state index in [9.17, 15) is 5.11 Å². The van der Waals surface area contributed by atoms with Gasteiger partial charge in [0.1, 0.15) is 0 Å². The van der Waals surface area contributed by atoms with Crippen LogP contribution in [0.4, 0.5) is 0 Å². The second-order valence-electron chi connectivity index (χ2n) is 3.67. The van der Waals surface area contributed by atoms with Gasteiger partial charge in [-0.2, -0.15) is 0 Å². The van der Waals surface area contributed by atoms with Crippen LogP contribution in [0.15, 0.2) is 35.8 Å². The van der Waals surface area contributed by atoms with Crippen molar-refractivity contribution >= 4 is 33.9 Å². The summed E-state index contributed by atoms with van der Waals surface area (Å²) in [6.45, 7) is 2.00. The lowest BCUT2D eigenvalue weighted by molar-refractivity contribution is 0.150. The molecule has 0 aromatic carbocycles. The molecule has 2 nitrogen and oxygen atoms in total. The fourth-order valence-corrected chi connectivity index (χ4v) is 2.98. The average molecular weight is 345 g/mol. The summed E-state index contributed by atoms with van der Waals surface area (Å²) in [6, 6.07) is 7.81. The Hall–Kier alpha value is -0.460. The largest absolute Gasteiger partial charge is 0.388 e. The van der Waals surface area contributed by atoms with Crippen LogP contribution >= 0.6 is 33.9 Å². The Balaban J connectivity index is 2.19. The normalized spacial score (nSPS) is 14.7. The van der Waals surface area contributed by atoms with Crippen LogP contribution in [0.1, 0.15) is 30.2 Å². The lowest BCUT2D eigenvalue weighted by Crippen LogP contribution is -2.08. The van der Waals surface area contributed by atoms with Crippen molar-refractivity contribution in [3.8, 4) is 0 Å². The average Bonchev–Trinajstić information content (AvgIpc) is 2.75. The molecule has 1 N–H and O–H groups in total. The number of hydrogen-bond acceptors (Lipinski definition) is 3. The van der Waals surface area contributed by atoms with E-state index in [1.807, 2.05) is 36.6 Å². The Morgan fingerprint density at radius 1 is 1.44 bits per heavy atom. The lowest BCUT2D eigenvalue weighted by atomic mass is 9.96. The molecule has 0 aliphatic carbocycles. The molecule has 0 aliphatic rings. The number of aliphatic hydroxyl groups excluding tert-OH is 1. The molecule has 84 valence electrons. The van der Waals surface area contributed by atoms with Crippen LogP contribution in [0.3, 0.4) is 0 Å². The SMILES string of the molecule is CC(c1ccccn1)C(O)c1csc(I)c1. The molecule has 0 saturated carbocycles. The van der Waals surface area contributed by atoms with E-state index in [0.717, 1.165) is 11.3 Å². The molecule has 0 bridgehead atoms. The topological polar surface area (TPSA) is 33.1 Å². The van der Waals surface area contributed by atoms with Gasteiger partial charge in [-0.3, -0.25) is 4.98 Å². The van der Waals surface area contributed by atoms with Crippen molar-refractivity contribution in [1.82, 2.24) is 4.98 Å². The minimum absolute atomic E-state index is 0.0200. The zero-order chi connectivity index (χ0) is 11.5. The molecular formula is C12H12INOS. The second kappa shape index (κ2) is 5.25. The van der Waals surface area contributed by atoms with E-state index >= 15 is 0 Å². The Morgan fingerprint density at radius 3 is 2.81 bits per heavy atom. The Morgan fingerprint density at radius 2 is 2.25 bits per heavy atom. The minimum atomic E-state index is -0.477. The van der Waals surface area contributed by atoms with E-state index in [-0.39, 0.29) is 5.92 Å². The molecule has 0 saturated heterocycles.